The first-order valence-corrected chi connectivity index (χ1v) is 7.83. The fraction of sp³-hybridized carbons (Fsp3) is 0.812. The van der Waals surface area contributed by atoms with Gasteiger partial charge in [-0.15, -0.1) is 0 Å². The molecule has 1 aromatic heterocycles. The Balaban J connectivity index is 2.95. The van der Waals surface area contributed by atoms with E-state index in [2.05, 4.69) is 32.8 Å². The molecule has 1 rings (SSSR count). The zero-order chi connectivity index (χ0) is 16.2. The average Bonchev–Trinajstić information content (AvgIpc) is 2.92. The van der Waals surface area contributed by atoms with Gasteiger partial charge in [0.05, 0.1) is 17.8 Å². The molecule has 21 heavy (non-hydrogen) atoms. The predicted molar refractivity (Wildman–Crippen MR) is 79.0 cm³/mol. The van der Waals surface area contributed by atoms with Crippen molar-refractivity contribution >= 4 is 0 Å². The van der Waals surface area contributed by atoms with Crippen LogP contribution in [0, 0.1) is 17.8 Å². The fourth-order valence-corrected chi connectivity index (χ4v) is 2.97. The zero-order valence-electron chi connectivity index (χ0n) is 13.6. The van der Waals surface area contributed by atoms with E-state index in [9.17, 15) is 13.2 Å². The van der Waals surface area contributed by atoms with Crippen molar-refractivity contribution in [3.63, 3.8) is 0 Å². The summed E-state index contributed by atoms with van der Waals surface area (Å²) >= 11 is 0. The van der Waals surface area contributed by atoms with Gasteiger partial charge in [0.25, 0.3) is 0 Å². The van der Waals surface area contributed by atoms with Crippen molar-refractivity contribution in [3.8, 4) is 0 Å². The average molecular weight is 304 g/mol. The van der Waals surface area contributed by atoms with Gasteiger partial charge in [0, 0.05) is 6.20 Å². The Morgan fingerprint density at radius 2 is 1.81 bits per heavy atom. The van der Waals surface area contributed by atoms with Crippen LogP contribution in [0.25, 0.3) is 0 Å². The van der Waals surface area contributed by atoms with Gasteiger partial charge in [0.2, 0.25) is 0 Å². The molecule has 122 valence electrons. The lowest BCUT2D eigenvalue weighted by Crippen LogP contribution is -2.27. The Morgan fingerprint density at radius 3 is 2.24 bits per heavy atom. The van der Waals surface area contributed by atoms with Crippen LogP contribution in [-0.2, 0) is 6.18 Å². The molecule has 0 aliphatic rings. The van der Waals surface area contributed by atoms with Gasteiger partial charge in [-0.2, -0.15) is 18.3 Å². The van der Waals surface area contributed by atoms with E-state index in [-0.39, 0.29) is 6.04 Å². The largest absolute Gasteiger partial charge is 0.419 e. The molecule has 0 N–H and O–H groups in total. The van der Waals surface area contributed by atoms with Gasteiger partial charge in [-0.1, -0.05) is 40.5 Å². The molecule has 0 amide bonds. The molecular formula is C16H27F3N2. The topological polar surface area (TPSA) is 17.8 Å². The number of alkyl halides is 3. The van der Waals surface area contributed by atoms with Crippen molar-refractivity contribution in [1.82, 2.24) is 9.78 Å². The molecule has 0 saturated carbocycles. The number of hydrogen-bond acceptors (Lipinski definition) is 1. The first-order chi connectivity index (χ1) is 9.72. The van der Waals surface area contributed by atoms with E-state index in [1.165, 1.54) is 4.68 Å². The summed E-state index contributed by atoms with van der Waals surface area (Å²) < 4.78 is 39.6. The molecule has 2 nitrogen and oxygen atoms in total. The standard InChI is InChI=1S/C16H27F3N2/c1-6-8-15(12(4)11(3)7-2)13(5)21-10-14(9-20-21)16(17,18)19/h9-13,15H,6-8H2,1-5H3/t11-,12+,13?,15+/m1/s1. The van der Waals surface area contributed by atoms with Gasteiger partial charge >= 0.3 is 6.18 Å². The highest BCUT2D eigenvalue weighted by atomic mass is 19.4. The summed E-state index contributed by atoms with van der Waals surface area (Å²) in [6.45, 7) is 10.7. The van der Waals surface area contributed by atoms with Crippen molar-refractivity contribution in [2.75, 3.05) is 0 Å². The van der Waals surface area contributed by atoms with Crippen LogP contribution in [0.15, 0.2) is 12.4 Å². The van der Waals surface area contributed by atoms with E-state index in [1.807, 2.05) is 6.92 Å². The molecule has 4 atom stereocenters. The van der Waals surface area contributed by atoms with E-state index in [4.69, 9.17) is 0 Å². The lowest BCUT2D eigenvalue weighted by atomic mass is 9.77. The monoisotopic (exact) mass is 304 g/mol. The number of halogens is 3. The van der Waals surface area contributed by atoms with E-state index in [0.29, 0.717) is 17.8 Å². The summed E-state index contributed by atoms with van der Waals surface area (Å²) in [4.78, 5) is 0. The molecule has 0 aromatic carbocycles. The molecule has 5 heteroatoms. The molecule has 0 bridgehead atoms. The molecule has 1 unspecified atom stereocenters. The van der Waals surface area contributed by atoms with Crippen molar-refractivity contribution in [2.45, 2.75) is 66.1 Å². The molecular weight excluding hydrogens is 277 g/mol. The molecule has 0 fully saturated rings. The van der Waals surface area contributed by atoms with Gasteiger partial charge in [-0.25, -0.2) is 0 Å². The van der Waals surface area contributed by atoms with Gasteiger partial charge in [0.15, 0.2) is 0 Å². The highest BCUT2D eigenvalue weighted by Gasteiger charge is 2.34. The van der Waals surface area contributed by atoms with Crippen LogP contribution in [0.4, 0.5) is 13.2 Å². The van der Waals surface area contributed by atoms with Crippen LogP contribution in [0.5, 0.6) is 0 Å². The summed E-state index contributed by atoms with van der Waals surface area (Å²) in [6, 6.07) is -0.0231. The lowest BCUT2D eigenvalue weighted by Gasteiger charge is -2.33. The number of aromatic nitrogens is 2. The highest BCUT2D eigenvalue weighted by Crippen LogP contribution is 2.36. The van der Waals surface area contributed by atoms with Gasteiger partial charge < -0.3 is 0 Å². The van der Waals surface area contributed by atoms with Crippen LogP contribution in [0.1, 0.15) is 65.5 Å². The molecule has 1 aromatic rings. The molecule has 0 aliphatic carbocycles. The number of rotatable bonds is 7. The predicted octanol–water partition coefficient (Wildman–Crippen LogP) is 5.56. The summed E-state index contributed by atoms with van der Waals surface area (Å²) in [6.07, 6.45) is 0.864. The normalized spacial score (nSPS) is 18.3. The molecule has 0 spiro atoms. The quantitative estimate of drug-likeness (QED) is 0.644. The van der Waals surface area contributed by atoms with Crippen molar-refractivity contribution in [2.24, 2.45) is 17.8 Å². The fourth-order valence-electron chi connectivity index (χ4n) is 2.97. The van der Waals surface area contributed by atoms with Gasteiger partial charge in [-0.3, -0.25) is 4.68 Å². The second-order valence-electron chi connectivity index (χ2n) is 6.14. The minimum atomic E-state index is -4.32. The van der Waals surface area contributed by atoms with Crippen LogP contribution < -0.4 is 0 Å². The Hall–Kier alpha value is -1.00. The third-order valence-corrected chi connectivity index (χ3v) is 4.80. The zero-order valence-corrected chi connectivity index (χ0v) is 13.6. The minimum absolute atomic E-state index is 0.0231. The summed E-state index contributed by atoms with van der Waals surface area (Å²) in [5.74, 6) is 1.36. The maximum Gasteiger partial charge on any atom is 0.419 e. The summed E-state index contributed by atoms with van der Waals surface area (Å²) in [5.41, 5.74) is -0.666. The Labute approximate surface area is 125 Å². The Kier molecular flexibility index (Phi) is 6.29. The van der Waals surface area contributed by atoms with Gasteiger partial charge in [-0.05, 0) is 31.1 Å². The molecule has 0 saturated heterocycles. The maximum atomic E-state index is 12.7. The Bertz CT molecular complexity index is 425. The highest BCUT2D eigenvalue weighted by molar-refractivity contribution is 5.09. The molecule has 0 radical (unpaired) electrons. The smallest absolute Gasteiger partial charge is 0.269 e. The van der Waals surface area contributed by atoms with Crippen molar-refractivity contribution in [3.05, 3.63) is 18.0 Å². The van der Waals surface area contributed by atoms with E-state index >= 15 is 0 Å². The van der Waals surface area contributed by atoms with Crippen molar-refractivity contribution < 1.29 is 13.2 Å². The molecule has 1 heterocycles. The number of nitrogens with zero attached hydrogens (tertiary/aromatic N) is 2. The number of hydrogen-bond donors (Lipinski definition) is 0. The van der Waals surface area contributed by atoms with E-state index in [1.54, 1.807) is 0 Å². The van der Waals surface area contributed by atoms with Crippen LogP contribution >= 0.6 is 0 Å². The second-order valence-corrected chi connectivity index (χ2v) is 6.14. The van der Waals surface area contributed by atoms with E-state index < -0.39 is 11.7 Å². The third kappa shape index (κ3) is 4.48. The van der Waals surface area contributed by atoms with E-state index in [0.717, 1.165) is 31.7 Å². The summed E-state index contributed by atoms with van der Waals surface area (Å²) in [7, 11) is 0. The first kappa shape index (κ1) is 18.1. The SMILES string of the molecule is CCC[C@H](C(C)n1cc(C(F)(F)F)cn1)[C@@H](C)[C@H](C)CC. The van der Waals surface area contributed by atoms with Crippen LogP contribution in [0.3, 0.4) is 0 Å². The second kappa shape index (κ2) is 7.32. The Morgan fingerprint density at radius 1 is 1.19 bits per heavy atom. The maximum absolute atomic E-state index is 12.7. The van der Waals surface area contributed by atoms with Crippen LogP contribution in [0.2, 0.25) is 0 Å². The molecule has 0 aliphatic heterocycles. The summed E-state index contributed by atoms with van der Waals surface area (Å²) in [5, 5.41) is 3.95. The first-order valence-electron chi connectivity index (χ1n) is 7.83. The van der Waals surface area contributed by atoms with Crippen LogP contribution in [-0.4, -0.2) is 9.78 Å². The van der Waals surface area contributed by atoms with Gasteiger partial charge in [0.1, 0.15) is 0 Å². The third-order valence-electron chi connectivity index (χ3n) is 4.80. The lowest BCUT2D eigenvalue weighted by molar-refractivity contribution is -0.137. The van der Waals surface area contributed by atoms with Crippen molar-refractivity contribution in [1.29, 1.82) is 0 Å². The minimum Gasteiger partial charge on any atom is -0.269 e.